The maximum Gasteiger partial charge on any atom is 0.240 e. The van der Waals surface area contributed by atoms with Crippen LogP contribution in [0.5, 0.6) is 0 Å². The van der Waals surface area contributed by atoms with Gasteiger partial charge in [-0.15, -0.1) is 6.42 Å². The summed E-state index contributed by atoms with van der Waals surface area (Å²) < 4.78 is 26.9. The summed E-state index contributed by atoms with van der Waals surface area (Å²) in [6, 6.07) is 5.26. The van der Waals surface area contributed by atoms with Crippen molar-refractivity contribution < 1.29 is 18.0 Å². The number of piperidine rings is 1. The second kappa shape index (κ2) is 10.5. The number of carbonyl (C=O) groups excluding carboxylic acids is 2. The van der Waals surface area contributed by atoms with E-state index in [1.165, 1.54) is 4.31 Å². The van der Waals surface area contributed by atoms with Crippen LogP contribution in [0.2, 0.25) is 5.02 Å². The van der Waals surface area contributed by atoms with Gasteiger partial charge < -0.3 is 15.5 Å². The summed E-state index contributed by atoms with van der Waals surface area (Å²) in [5.41, 5.74) is 0.834. The summed E-state index contributed by atoms with van der Waals surface area (Å²) >= 11 is 7.60. The molecule has 2 heterocycles. The maximum absolute atomic E-state index is 12.4. The number of amides is 2. The van der Waals surface area contributed by atoms with Gasteiger partial charge in [-0.1, -0.05) is 28.9 Å². The van der Waals surface area contributed by atoms with E-state index in [1.54, 1.807) is 11.3 Å². The van der Waals surface area contributed by atoms with E-state index in [0.29, 0.717) is 31.0 Å². The Labute approximate surface area is 196 Å². The van der Waals surface area contributed by atoms with E-state index in [1.807, 2.05) is 18.2 Å². The third kappa shape index (κ3) is 6.32. The van der Waals surface area contributed by atoms with Crippen LogP contribution >= 0.6 is 22.9 Å². The molecule has 0 unspecified atom stereocenters. The summed E-state index contributed by atoms with van der Waals surface area (Å²) in [6.07, 6.45) is 7.26. The number of aromatic nitrogens is 1. The molecule has 1 aliphatic heterocycles. The van der Waals surface area contributed by atoms with E-state index < -0.39 is 21.8 Å². The van der Waals surface area contributed by atoms with Crippen molar-refractivity contribution in [2.45, 2.75) is 18.9 Å². The van der Waals surface area contributed by atoms with Gasteiger partial charge in [-0.3, -0.25) is 9.59 Å². The highest BCUT2D eigenvalue weighted by molar-refractivity contribution is 7.88. The van der Waals surface area contributed by atoms with Crippen LogP contribution in [-0.2, 0) is 19.6 Å². The van der Waals surface area contributed by atoms with Crippen LogP contribution in [0.25, 0.3) is 10.2 Å². The third-order valence-corrected chi connectivity index (χ3v) is 7.65. The summed E-state index contributed by atoms with van der Waals surface area (Å²) in [5.74, 6) is 1.28. The van der Waals surface area contributed by atoms with Crippen LogP contribution < -0.4 is 15.5 Å². The highest BCUT2D eigenvalue weighted by Gasteiger charge is 2.32. The topological polar surface area (TPSA) is 112 Å². The lowest BCUT2D eigenvalue weighted by atomic mass is 10.1. The number of sulfonamides is 1. The largest absolute Gasteiger partial charge is 0.348 e. The number of terminal acetylenes is 1. The molecule has 9 nitrogen and oxygen atoms in total. The third-order valence-electron chi connectivity index (χ3n) is 5.04. The minimum atomic E-state index is -3.62. The van der Waals surface area contributed by atoms with Gasteiger partial charge in [0.25, 0.3) is 0 Å². The highest BCUT2D eigenvalue weighted by atomic mass is 35.5. The second-order valence-corrected chi connectivity index (χ2v) is 10.8. The molecular formula is C20H24ClN5O4S2. The molecule has 2 amide bonds. The number of anilines is 1. The first-order valence-electron chi connectivity index (χ1n) is 9.92. The van der Waals surface area contributed by atoms with Crippen LogP contribution in [0.1, 0.15) is 12.8 Å². The fraction of sp³-hybridized carbons (Fsp3) is 0.450. The molecule has 1 aromatic heterocycles. The standard InChI is InChI=1S/C20H24ClN5O4S2/c1-3-8-22-18(27)12-23-19(28)13-26(32(2,29)30)15-6-9-25(10-7-15)20-24-16-11-14(21)4-5-17(16)31-20/h1,4-5,11,15H,6-10,12-13H2,2H3,(H,22,27)(H,23,28). The Bertz CT molecular complexity index is 1140. The Morgan fingerprint density at radius 3 is 2.69 bits per heavy atom. The number of thiazole rings is 1. The molecule has 1 saturated heterocycles. The number of nitrogens with zero attached hydrogens (tertiary/aromatic N) is 3. The number of hydrogen-bond donors (Lipinski definition) is 2. The molecule has 172 valence electrons. The van der Waals surface area contributed by atoms with E-state index in [4.69, 9.17) is 18.0 Å². The quantitative estimate of drug-likeness (QED) is 0.527. The molecule has 0 saturated carbocycles. The summed E-state index contributed by atoms with van der Waals surface area (Å²) in [6.45, 7) is 0.675. The van der Waals surface area contributed by atoms with Crippen molar-refractivity contribution in [1.82, 2.24) is 19.9 Å². The van der Waals surface area contributed by atoms with Gasteiger partial charge in [-0.2, -0.15) is 4.31 Å². The Morgan fingerprint density at radius 2 is 2.03 bits per heavy atom. The minimum absolute atomic E-state index is 0.0600. The highest BCUT2D eigenvalue weighted by Crippen LogP contribution is 2.32. The number of halogens is 1. The number of nitrogens with one attached hydrogen (secondary N) is 2. The molecule has 1 aliphatic rings. The minimum Gasteiger partial charge on any atom is -0.348 e. The van der Waals surface area contributed by atoms with Gasteiger partial charge in [0.05, 0.1) is 36.1 Å². The zero-order chi connectivity index (χ0) is 23.3. The zero-order valence-electron chi connectivity index (χ0n) is 17.5. The number of fused-ring (bicyclic) bond motifs is 1. The van der Waals surface area contributed by atoms with Crippen LogP contribution in [0, 0.1) is 12.3 Å². The number of benzene rings is 1. The molecular weight excluding hydrogens is 474 g/mol. The Hall–Kier alpha value is -2.39. The van der Waals surface area contributed by atoms with Crippen molar-refractivity contribution in [2.75, 3.05) is 43.9 Å². The molecule has 2 N–H and O–H groups in total. The molecule has 12 heteroatoms. The molecule has 0 bridgehead atoms. The predicted molar refractivity (Wildman–Crippen MR) is 126 cm³/mol. The fourth-order valence-corrected chi connectivity index (χ4v) is 5.74. The Balaban J connectivity index is 1.59. The molecule has 0 spiro atoms. The monoisotopic (exact) mass is 497 g/mol. The lowest BCUT2D eigenvalue weighted by molar-refractivity contribution is -0.126. The normalized spacial score (nSPS) is 15.0. The molecule has 0 aliphatic carbocycles. The molecule has 2 aromatic rings. The van der Waals surface area contributed by atoms with Gasteiger partial charge in [0.2, 0.25) is 21.8 Å². The average Bonchev–Trinajstić information content (AvgIpc) is 3.17. The van der Waals surface area contributed by atoms with Gasteiger partial charge in [0.15, 0.2) is 5.13 Å². The maximum atomic E-state index is 12.4. The van der Waals surface area contributed by atoms with E-state index in [0.717, 1.165) is 21.6 Å². The molecule has 1 fully saturated rings. The molecule has 32 heavy (non-hydrogen) atoms. The Morgan fingerprint density at radius 1 is 1.31 bits per heavy atom. The summed E-state index contributed by atoms with van der Waals surface area (Å²) in [5, 5.41) is 6.35. The van der Waals surface area contributed by atoms with Crippen molar-refractivity contribution in [2.24, 2.45) is 0 Å². The van der Waals surface area contributed by atoms with Crippen molar-refractivity contribution in [3.8, 4) is 12.3 Å². The molecule has 1 aromatic carbocycles. The van der Waals surface area contributed by atoms with Gasteiger partial charge >= 0.3 is 0 Å². The van der Waals surface area contributed by atoms with Gasteiger partial charge in [-0.05, 0) is 31.0 Å². The first-order chi connectivity index (χ1) is 15.2. The van der Waals surface area contributed by atoms with Crippen molar-refractivity contribution in [1.29, 1.82) is 0 Å². The lowest BCUT2D eigenvalue weighted by Crippen LogP contribution is -2.51. The summed E-state index contributed by atoms with van der Waals surface area (Å²) in [4.78, 5) is 30.6. The van der Waals surface area contributed by atoms with E-state index in [2.05, 4.69) is 26.4 Å². The second-order valence-electron chi connectivity index (χ2n) is 7.39. The lowest BCUT2D eigenvalue weighted by Gasteiger charge is -2.36. The van der Waals surface area contributed by atoms with Crippen molar-refractivity contribution in [3.63, 3.8) is 0 Å². The van der Waals surface area contributed by atoms with Crippen LogP contribution in [0.4, 0.5) is 5.13 Å². The van der Waals surface area contributed by atoms with Gasteiger partial charge in [0.1, 0.15) is 0 Å². The Kier molecular flexibility index (Phi) is 7.95. The molecule has 0 atom stereocenters. The molecule has 3 rings (SSSR count). The van der Waals surface area contributed by atoms with Gasteiger partial charge in [-0.25, -0.2) is 13.4 Å². The number of carbonyl (C=O) groups is 2. The SMILES string of the molecule is C#CCNC(=O)CNC(=O)CN(C1CCN(c2nc3cc(Cl)ccc3s2)CC1)S(C)(=O)=O. The predicted octanol–water partition coefficient (Wildman–Crippen LogP) is 1.05. The van der Waals surface area contributed by atoms with Crippen molar-refractivity contribution in [3.05, 3.63) is 23.2 Å². The number of hydrogen-bond acceptors (Lipinski definition) is 7. The van der Waals surface area contributed by atoms with Crippen LogP contribution in [0.15, 0.2) is 18.2 Å². The summed E-state index contributed by atoms with van der Waals surface area (Å²) in [7, 11) is -3.62. The zero-order valence-corrected chi connectivity index (χ0v) is 19.9. The van der Waals surface area contributed by atoms with Gasteiger partial charge in [0, 0.05) is 24.2 Å². The first-order valence-corrected chi connectivity index (χ1v) is 13.0. The van der Waals surface area contributed by atoms with Crippen LogP contribution in [0.3, 0.4) is 0 Å². The fourth-order valence-electron chi connectivity index (χ4n) is 3.47. The van der Waals surface area contributed by atoms with Crippen LogP contribution in [-0.4, -0.2) is 74.5 Å². The van der Waals surface area contributed by atoms with E-state index in [-0.39, 0.29) is 25.7 Å². The first kappa shape index (κ1) is 24.3. The van der Waals surface area contributed by atoms with E-state index >= 15 is 0 Å². The molecule has 0 radical (unpaired) electrons. The van der Waals surface area contributed by atoms with E-state index in [9.17, 15) is 18.0 Å². The smallest absolute Gasteiger partial charge is 0.240 e. The van der Waals surface area contributed by atoms with Crippen molar-refractivity contribution >= 4 is 60.1 Å². The average molecular weight is 498 g/mol. The number of rotatable bonds is 8.